The molecular weight excluding hydrogens is 206 g/mol. The van der Waals surface area contributed by atoms with E-state index in [1.165, 1.54) is 37.7 Å². The quantitative estimate of drug-likeness (QED) is 0.736. The van der Waals surface area contributed by atoms with Crippen molar-refractivity contribution in [2.75, 3.05) is 0 Å². The van der Waals surface area contributed by atoms with Crippen molar-refractivity contribution in [1.82, 2.24) is 4.98 Å². The summed E-state index contributed by atoms with van der Waals surface area (Å²) in [7, 11) is 0. The Morgan fingerprint density at radius 2 is 1.88 bits per heavy atom. The summed E-state index contributed by atoms with van der Waals surface area (Å²) in [5.74, 6) is 0. The van der Waals surface area contributed by atoms with Crippen LogP contribution in [-0.4, -0.2) is 4.98 Å². The molecule has 0 aliphatic heterocycles. The Morgan fingerprint density at radius 3 is 2.47 bits per heavy atom. The Kier molecular flexibility index (Phi) is 3.46. The van der Waals surface area contributed by atoms with Crippen LogP contribution >= 0.6 is 0 Å². The van der Waals surface area contributed by atoms with Crippen LogP contribution in [0.2, 0.25) is 0 Å². The van der Waals surface area contributed by atoms with Gasteiger partial charge in [-0.2, -0.15) is 0 Å². The minimum atomic E-state index is 0.308. The molecule has 0 atom stereocenters. The number of aromatic nitrogens is 1. The van der Waals surface area contributed by atoms with Crippen molar-refractivity contribution in [3.05, 3.63) is 42.2 Å². The van der Waals surface area contributed by atoms with Crippen molar-refractivity contribution in [3.63, 3.8) is 0 Å². The zero-order valence-electron chi connectivity index (χ0n) is 10.7. The Morgan fingerprint density at radius 1 is 1.18 bits per heavy atom. The summed E-state index contributed by atoms with van der Waals surface area (Å²) in [6.45, 7) is 10.0. The molecule has 1 nitrogen and oxygen atoms in total. The standard InChI is InChI=1S/C16H21N/c1-4-13-11-14(12-17-15(13)5-2)16(3)9-7-6-8-10-16/h4-5,11-12H,1-2,6-10H2,3H3. The fourth-order valence-electron chi connectivity index (χ4n) is 2.78. The summed E-state index contributed by atoms with van der Waals surface area (Å²) < 4.78 is 0. The Hall–Kier alpha value is -1.37. The van der Waals surface area contributed by atoms with Crippen LogP contribution in [0.25, 0.3) is 12.2 Å². The van der Waals surface area contributed by atoms with Gasteiger partial charge in [0.05, 0.1) is 5.69 Å². The lowest BCUT2D eigenvalue weighted by atomic mass is 9.71. The van der Waals surface area contributed by atoms with Crippen LogP contribution in [0.4, 0.5) is 0 Å². The van der Waals surface area contributed by atoms with Crippen molar-refractivity contribution >= 4 is 12.2 Å². The number of rotatable bonds is 3. The fourth-order valence-corrected chi connectivity index (χ4v) is 2.78. The zero-order chi connectivity index (χ0) is 12.3. The predicted molar refractivity (Wildman–Crippen MR) is 74.9 cm³/mol. The molecule has 0 N–H and O–H groups in total. The molecule has 0 spiro atoms. The minimum absolute atomic E-state index is 0.308. The molecule has 1 heteroatoms. The molecule has 1 heterocycles. The van der Waals surface area contributed by atoms with E-state index >= 15 is 0 Å². The van der Waals surface area contributed by atoms with Crippen LogP contribution < -0.4 is 0 Å². The van der Waals surface area contributed by atoms with Gasteiger partial charge in [-0.25, -0.2) is 0 Å². The summed E-state index contributed by atoms with van der Waals surface area (Å²) in [5, 5.41) is 0. The van der Waals surface area contributed by atoms with Crippen molar-refractivity contribution in [3.8, 4) is 0 Å². The van der Waals surface area contributed by atoms with Crippen molar-refractivity contribution in [2.24, 2.45) is 0 Å². The van der Waals surface area contributed by atoms with Crippen LogP contribution in [0.15, 0.2) is 25.4 Å². The molecule has 1 aromatic heterocycles. The van der Waals surface area contributed by atoms with Crippen LogP contribution in [0.3, 0.4) is 0 Å². The third kappa shape index (κ3) is 2.33. The smallest absolute Gasteiger partial charge is 0.0696 e. The first-order chi connectivity index (χ1) is 8.19. The van der Waals surface area contributed by atoms with E-state index < -0.39 is 0 Å². The number of hydrogen-bond donors (Lipinski definition) is 0. The highest BCUT2D eigenvalue weighted by Crippen LogP contribution is 2.39. The van der Waals surface area contributed by atoms with E-state index in [0.29, 0.717) is 5.41 Å². The van der Waals surface area contributed by atoms with Crippen molar-refractivity contribution in [1.29, 1.82) is 0 Å². The largest absolute Gasteiger partial charge is 0.256 e. The Balaban J connectivity index is 2.38. The number of nitrogens with zero attached hydrogens (tertiary/aromatic N) is 1. The van der Waals surface area contributed by atoms with E-state index in [4.69, 9.17) is 0 Å². The van der Waals surface area contributed by atoms with Crippen LogP contribution in [0, 0.1) is 0 Å². The van der Waals surface area contributed by atoms with Gasteiger partial charge in [0.2, 0.25) is 0 Å². The molecular formula is C16H21N. The molecule has 0 aromatic carbocycles. The first-order valence-corrected chi connectivity index (χ1v) is 6.45. The summed E-state index contributed by atoms with van der Waals surface area (Å²) in [4.78, 5) is 4.50. The number of pyridine rings is 1. The monoisotopic (exact) mass is 227 g/mol. The van der Waals surface area contributed by atoms with Crippen molar-refractivity contribution < 1.29 is 0 Å². The van der Waals surface area contributed by atoms with Gasteiger partial charge in [0.25, 0.3) is 0 Å². The maximum absolute atomic E-state index is 4.50. The third-order valence-corrected chi connectivity index (χ3v) is 4.02. The van der Waals surface area contributed by atoms with E-state index in [1.54, 1.807) is 6.08 Å². The van der Waals surface area contributed by atoms with Gasteiger partial charge in [-0.05, 0) is 41.5 Å². The lowest BCUT2D eigenvalue weighted by molar-refractivity contribution is 0.319. The van der Waals surface area contributed by atoms with Gasteiger partial charge >= 0.3 is 0 Å². The van der Waals surface area contributed by atoms with Crippen LogP contribution in [0.1, 0.15) is 55.8 Å². The fraction of sp³-hybridized carbons (Fsp3) is 0.438. The summed E-state index contributed by atoms with van der Waals surface area (Å²) in [5.41, 5.74) is 3.70. The molecule has 1 aliphatic rings. The third-order valence-electron chi connectivity index (χ3n) is 4.02. The highest BCUT2D eigenvalue weighted by molar-refractivity contribution is 5.61. The molecule has 1 saturated carbocycles. The molecule has 0 bridgehead atoms. The van der Waals surface area contributed by atoms with Gasteiger partial charge in [-0.15, -0.1) is 0 Å². The summed E-state index contributed by atoms with van der Waals surface area (Å²) in [6, 6.07) is 2.24. The summed E-state index contributed by atoms with van der Waals surface area (Å²) in [6.07, 6.45) is 12.3. The Labute approximate surface area is 104 Å². The predicted octanol–water partition coefficient (Wildman–Crippen LogP) is 4.59. The van der Waals surface area contributed by atoms with E-state index in [9.17, 15) is 0 Å². The first kappa shape index (κ1) is 12.1. The molecule has 0 radical (unpaired) electrons. The normalized spacial score (nSPS) is 18.6. The second-order valence-corrected chi connectivity index (χ2v) is 5.23. The molecule has 0 saturated heterocycles. The van der Waals surface area contributed by atoms with Gasteiger partial charge in [0.1, 0.15) is 0 Å². The van der Waals surface area contributed by atoms with Crippen LogP contribution in [0.5, 0.6) is 0 Å². The highest BCUT2D eigenvalue weighted by atomic mass is 14.7. The van der Waals surface area contributed by atoms with Gasteiger partial charge < -0.3 is 0 Å². The lowest BCUT2D eigenvalue weighted by Crippen LogP contribution is -2.25. The second-order valence-electron chi connectivity index (χ2n) is 5.23. The van der Waals surface area contributed by atoms with E-state index in [0.717, 1.165) is 11.3 Å². The maximum Gasteiger partial charge on any atom is 0.0696 e. The van der Waals surface area contributed by atoms with Gasteiger partial charge in [0.15, 0.2) is 0 Å². The van der Waals surface area contributed by atoms with Gasteiger partial charge in [-0.3, -0.25) is 4.98 Å². The van der Waals surface area contributed by atoms with Crippen molar-refractivity contribution in [2.45, 2.75) is 44.4 Å². The molecule has 90 valence electrons. The number of hydrogen-bond acceptors (Lipinski definition) is 1. The maximum atomic E-state index is 4.50. The molecule has 17 heavy (non-hydrogen) atoms. The highest BCUT2D eigenvalue weighted by Gasteiger charge is 2.29. The molecule has 0 unspecified atom stereocenters. The lowest BCUT2D eigenvalue weighted by Gasteiger charge is -2.34. The van der Waals surface area contributed by atoms with Gasteiger partial charge in [-0.1, -0.05) is 45.4 Å². The SMILES string of the molecule is C=Cc1cc(C2(C)CCCCC2)cnc1C=C. The molecule has 1 aliphatic carbocycles. The van der Waals surface area contributed by atoms with E-state index in [1.807, 2.05) is 12.3 Å². The first-order valence-electron chi connectivity index (χ1n) is 6.45. The minimum Gasteiger partial charge on any atom is -0.256 e. The Bertz CT molecular complexity index is 425. The van der Waals surface area contributed by atoms with Crippen LogP contribution in [-0.2, 0) is 5.41 Å². The average molecular weight is 227 g/mol. The van der Waals surface area contributed by atoms with Gasteiger partial charge in [0, 0.05) is 6.20 Å². The topological polar surface area (TPSA) is 12.9 Å². The summed E-state index contributed by atoms with van der Waals surface area (Å²) >= 11 is 0. The zero-order valence-corrected chi connectivity index (χ0v) is 10.7. The second kappa shape index (κ2) is 4.87. The van der Waals surface area contributed by atoms with E-state index in [2.05, 4.69) is 31.1 Å². The molecule has 1 aromatic rings. The molecule has 0 amide bonds. The van der Waals surface area contributed by atoms with E-state index in [-0.39, 0.29) is 0 Å². The average Bonchev–Trinajstić information content (AvgIpc) is 2.38. The molecule has 1 fully saturated rings. The molecule has 2 rings (SSSR count).